The number of benzene rings is 1. The smallest absolute Gasteiger partial charge is 0.223 e. The molecule has 1 aliphatic carbocycles. The number of hydrogen-bond donors (Lipinski definition) is 2. The Kier molecular flexibility index (Phi) is 5.42. The first-order valence-corrected chi connectivity index (χ1v) is 9.32. The number of nitrogens with one attached hydrogen (secondary N) is 2. The SMILES string of the molecule is O=C(NCC1(Sc2ccccc2)CCCC1)C1CCNCC1. The summed E-state index contributed by atoms with van der Waals surface area (Å²) < 4.78 is 0.198. The molecule has 0 bridgehead atoms. The van der Waals surface area contributed by atoms with Crippen molar-refractivity contribution >= 4 is 17.7 Å². The highest BCUT2D eigenvalue weighted by Gasteiger charge is 2.36. The lowest BCUT2D eigenvalue weighted by molar-refractivity contribution is -0.125. The highest BCUT2D eigenvalue weighted by molar-refractivity contribution is 8.00. The Hall–Kier alpha value is -1.00. The topological polar surface area (TPSA) is 41.1 Å². The van der Waals surface area contributed by atoms with Crippen molar-refractivity contribution in [2.75, 3.05) is 19.6 Å². The van der Waals surface area contributed by atoms with Crippen molar-refractivity contribution in [1.82, 2.24) is 10.6 Å². The molecule has 2 N–H and O–H groups in total. The molecule has 0 spiro atoms. The molecule has 1 amide bonds. The van der Waals surface area contributed by atoms with Gasteiger partial charge in [0.15, 0.2) is 0 Å². The zero-order valence-electron chi connectivity index (χ0n) is 13.1. The Bertz CT molecular complexity index is 479. The summed E-state index contributed by atoms with van der Waals surface area (Å²) in [6.07, 6.45) is 6.93. The minimum atomic E-state index is 0.198. The van der Waals surface area contributed by atoms with Crippen LogP contribution in [0.2, 0.25) is 0 Å². The normalized spacial score (nSPS) is 21.6. The van der Waals surface area contributed by atoms with Gasteiger partial charge in [-0.25, -0.2) is 0 Å². The van der Waals surface area contributed by atoms with Crippen LogP contribution in [-0.2, 0) is 4.79 Å². The highest BCUT2D eigenvalue weighted by atomic mass is 32.2. The van der Waals surface area contributed by atoms with Crippen LogP contribution in [0.4, 0.5) is 0 Å². The molecule has 2 fully saturated rings. The van der Waals surface area contributed by atoms with Crippen LogP contribution in [0.15, 0.2) is 35.2 Å². The Morgan fingerprint density at radius 1 is 1.18 bits per heavy atom. The van der Waals surface area contributed by atoms with Crippen LogP contribution in [0.25, 0.3) is 0 Å². The van der Waals surface area contributed by atoms with Crippen molar-refractivity contribution in [3.05, 3.63) is 30.3 Å². The van der Waals surface area contributed by atoms with Crippen molar-refractivity contribution in [3.63, 3.8) is 0 Å². The van der Waals surface area contributed by atoms with Crippen LogP contribution in [-0.4, -0.2) is 30.3 Å². The van der Waals surface area contributed by atoms with Gasteiger partial charge in [0.1, 0.15) is 0 Å². The van der Waals surface area contributed by atoms with Crippen LogP contribution in [0.1, 0.15) is 38.5 Å². The quantitative estimate of drug-likeness (QED) is 0.876. The van der Waals surface area contributed by atoms with E-state index in [2.05, 4.69) is 41.0 Å². The second-order valence-corrected chi connectivity index (χ2v) is 8.09. The van der Waals surface area contributed by atoms with Gasteiger partial charge in [-0.1, -0.05) is 31.0 Å². The van der Waals surface area contributed by atoms with Crippen LogP contribution < -0.4 is 10.6 Å². The molecule has 120 valence electrons. The second-order valence-electron chi connectivity index (χ2n) is 6.55. The predicted octanol–water partition coefficient (Wildman–Crippen LogP) is 3.21. The first-order chi connectivity index (χ1) is 10.8. The number of thioether (sulfide) groups is 1. The van der Waals surface area contributed by atoms with Gasteiger partial charge in [0.05, 0.1) is 0 Å². The maximum atomic E-state index is 12.4. The Labute approximate surface area is 137 Å². The van der Waals surface area contributed by atoms with E-state index in [-0.39, 0.29) is 16.6 Å². The number of carbonyl (C=O) groups is 1. The molecule has 0 radical (unpaired) electrons. The van der Waals surface area contributed by atoms with Crippen LogP contribution in [0.5, 0.6) is 0 Å². The van der Waals surface area contributed by atoms with E-state index in [0.29, 0.717) is 0 Å². The molecule has 0 atom stereocenters. The summed E-state index contributed by atoms with van der Waals surface area (Å²) in [4.78, 5) is 13.7. The van der Waals surface area contributed by atoms with E-state index in [1.807, 2.05) is 11.8 Å². The van der Waals surface area contributed by atoms with E-state index in [0.717, 1.165) is 32.5 Å². The van der Waals surface area contributed by atoms with Crippen molar-refractivity contribution in [2.24, 2.45) is 5.92 Å². The largest absolute Gasteiger partial charge is 0.354 e. The maximum absolute atomic E-state index is 12.4. The summed E-state index contributed by atoms with van der Waals surface area (Å²) >= 11 is 1.96. The van der Waals surface area contributed by atoms with Crippen molar-refractivity contribution in [2.45, 2.75) is 48.2 Å². The third-order valence-corrected chi connectivity index (χ3v) is 6.38. The van der Waals surface area contributed by atoms with Crippen molar-refractivity contribution < 1.29 is 4.79 Å². The van der Waals surface area contributed by atoms with Gasteiger partial charge in [0, 0.05) is 22.1 Å². The van der Waals surface area contributed by atoms with E-state index in [4.69, 9.17) is 0 Å². The van der Waals surface area contributed by atoms with E-state index in [9.17, 15) is 4.79 Å². The van der Waals surface area contributed by atoms with Crippen molar-refractivity contribution in [3.8, 4) is 0 Å². The molecule has 1 heterocycles. The highest BCUT2D eigenvalue weighted by Crippen LogP contribution is 2.44. The fourth-order valence-corrected chi connectivity index (χ4v) is 4.98. The number of carbonyl (C=O) groups excluding carboxylic acids is 1. The van der Waals surface area contributed by atoms with Gasteiger partial charge in [0.2, 0.25) is 5.91 Å². The van der Waals surface area contributed by atoms with Gasteiger partial charge in [0.25, 0.3) is 0 Å². The van der Waals surface area contributed by atoms with Gasteiger partial charge < -0.3 is 10.6 Å². The van der Waals surface area contributed by atoms with Gasteiger partial charge in [-0.2, -0.15) is 0 Å². The van der Waals surface area contributed by atoms with E-state index in [1.165, 1.54) is 30.6 Å². The molecule has 1 saturated heterocycles. The van der Waals surface area contributed by atoms with E-state index < -0.39 is 0 Å². The Balaban J connectivity index is 1.58. The standard InChI is InChI=1S/C18H26N2OS/c21-17(15-8-12-19-13-9-15)20-14-18(10-4-5-11-18)22-16-6-2-1-3-7-16/h1-3,6-7,15,19H,4-5,8-14H2,(H,20,21). The average Bonchev–Trinajstić information content (AvgIpc) is 3.03. The first-order valence-electron chi connectivity index (χ1n) is 8.50. The third kappa shape index (κ3) is 4.05. The van der Waals surface area contributed by atoms with E-state index in [1.54, 1.807) is 0 Å². The molecule has 3 nitrogen and oxygen atoms in total. The van der Waals surface area contributed by atoms with Gasteiger partial charge in [-0.05, 0) is 50.9 Å². The van der Waals surface area contributed by atoms with Crippen LogP contribution >= 0.6 is 11.8 Å². The molecular weight excluding hydrogens is 292 g/mol. The zero-order chi connectivity index (χ0) is 15.3. The van der Waals surface area contributed by atoms with Crippen molar-refractivity contribution in [1.29, 1.82) is 0 Å². The fraction of sp³-hybridized carbons (Fsp3) is 0.611. The third-order valence-electron chi connectivity index (χ3n) is 4.89. The lowest BCUT2D eigenvalue weighted by Gasteiger charge is -2.30. The molecule has 1 aromatic carbocycles. The zero-order valence-corrected chi connectivity index (χ0v) is 14.0. The molecular formula is C18H26N2OS. The molecule has 1 saturated carbocycles. The number of hydrogen-bond acceptors (Lipinski definition) is 3. The molecule has 1 aromatic rings. The molecule has 4 heteroatoms. The molecule has 1 aliphatic heterocycles. The van der Waals surface area contributed by atoms with Crippen LogP contribution in [0, 0.1) is 5.92 Å². The monoisotopic (exact) mass is 318 g/mol. The summed E-state index contributed by atoms with van der Waals surface area (Å²) in [7, 11) is 0. The number of amides is 1. The Morgan fingerprint density at radius 3 is 2.55 bits per heavy atom. The summed E-state index contributed by atoms with van der Waals surface area (Å²) in [5.74, 6) is 0.475. The minimum absolute atomic E-state index is 0.198. The number of piperidine rings is 1. The molecule has 22 heavy (non-hydrogen) atoms. The summed E-state index contributed by atoms with van der Waals surface area (Å²) in [6.45, 7) is 2.76. The minimum Gasteiger partial charge on any atom is -0.354 e. The fourth-order valence-electron chi connectivity index (χ4n) is 3.55. The lowest BCUT2D eigenvalue weighted by atomic mass is 9.97. The first kappa shape index (κ1) is 15.9. The molecule has 0 aromatic heterocycles. The molecule has 0 unspecified atom stereocenters. The second kappa shape index (κ2) is 7.51. The van der Waals surface area contributed by atoms with Crippen LogP contribution in [0.3, 0.4) is 0 Å². The summed E-state index contributed by atoms with van der Waals surface area (Å²) in [5, 5.41) is 6.59. The van der Waals surface area contributed by atoms with Gasteiger partial charge in [-0.3, -0.25) is 4.79 Å². The summed E-state index contributed by atoms with van der Waals surface area (Å²) in [5.41, 5.74) is 0. The van der Waals surface area contributed by atoms with Gasteiger partial charge >= 0.3 is 0 Å². The van der Waals surface area contributed by atoms with E-state index >= 15 is 0 Å². The number of rotatable bonds is 5. The lowest BCUT2D eigenvalue weighted by Crippen LogP contribution is -2.43. The average molecular weight is 318 g/mol. The molecule has 2 aliphatic rings. The predicted molar refractivity (Wildman–Crippen MR) is 92.1 cm³/mol. The molecule has 3 rings (SSSR count). The summed E-state index contributed by atoms with van der Waals surface area (Å²) in [6, 6.07) is 10.6. The Morgan fingerprint density at radius 2 is 1.86 bits per heavy atom. The van der Waals surface area contributed by atoms with Gasteiger partial charge in [-0.15, -0.1) is 11.8 Å². The maximum Gasteiger partial charge on any atom is 0.223 e.